The van der Waals surface area contributed by atoms with Gasteiger partial charge >= 0.3 is 25.7 Å². The highest BCUT2D eigenvalue weighted by molar-refractivity contribution is 7.47. The minimum Gasteiger partial charge on any atom is -0.462 e. The molecule has 2 N–H and O–H groups in total. The Labute approximate surface area is 451 Å². The fourth-order valence-electron chi connectivity index (χ4n) is 7.63. The summed E-state index contributed by atoms with van der Waals surface area (Å²) in [4.78, 5) is 48.5. The number of phosphoric ester groups is 1. The Bertz CT molecular complexity index is 1610. The van der Waals surface area contributed by atoms with Crippen LogP contribution in [0.3, 0.4) is 0 Å². The lowest BCUT2D eigenvalue weighted by Crippen LogP contribution is -2.30. The van der Waals surface area contributed by atoms with Gasteiger partial charge < -0.3 is 24.2 Å². The maximum absolute atomic E-state index is 12.9. The van der Waals surface area contributed by atoms with Crippen LogP contribution in [0.15, 0.2) is 97.2 Å². The summed E-state index contributed by atoms with van der Waals surface area (Å²) in [7, 11) is -4.76. The Balaban J connectivity index is 4.74. The molecule has 424 valence electrons. The van der Waals surface area contributed by atoms with E-state index in [4.69, 9.17) is 23.3 Å². The summed E-state index contributed by atoms with van der Waals surface area (Å²) >= 11 is 0. The van der Waals surface area contributed by atoms with E-state index in [1.54, 1.807) is 0 Å². The number of unbranched alkanes of at least 4 members (excludes halogenated alkanes) is 20. The van der Waals surface area contributed by atoms with E-state index in [9.17, 15) is 28.9 Å². The van der Waals surface area contributed by atoms with E-state index >= 15 is 0 Å². The standard InChI is InChI=1S/C62H105O11P/c1-4-7-10-13-16-19-22-24-26-28-29-31-33-35-38-41-44-47-50-53-62(66)73-59(55-69-60(64)51-48-45-42-39-36-21-18-15-12-9-6-3)57-71-74(67,68)70-56-58(54-63)72-61(65)52-49-46-43-40-37-34-32-30-27-25-23-20-17-14-11-8-5-2/h7-8,10-11,16-17,19-20,24-27,29,31,35,38,58-59,63H,4-6,9,12-15,18,21-23,28,30,32-34,36-37,39-57H2,1-3H3,(H,67,68)/b10-7-,11-8-,19-16-,20-17-,26-24-,27-25-,31-29-,38-35-. The molecule has 0 saturated carbocycles. The summed E-state index contributed by atoms with van der Waals surface area (Å²) in [6.45, 7) is 4.37. The molecule has 3 atom stereocenters. The molecule has 0 heterocycles. The van der Waals surface area contributed by atoms with Gasteiger partial charge in [-0.25, -0.2) is 4.57 Å². The first-order valence-electron chi connectivity index (χ1n) is 29.1. The Hall–Kier alpha value is -3.60. The SMILES string of the molecule is CC/C=C\C/C=C\C/C=C\C/C=C\C/C=C\CCCCCC(=O)OC(COC(=O)CCCCCCCCCCCCC)COP(=O)(O)OCC(CO)OC(=O)CCCCCCCCC/C=C\C/C=C\C/C=C\CC. The minimum absolute atomic E-state index is 0.125. The monoisotopic (exact) mass is 1060 g/mol. The number of rotatable bonds is 53. The summed E-state index contributed by atoms with van der Waals surface area (Å²) in [5, 5.41) is 9.82. The van der Waals surface area contributed by atoms with E-state index in [1.807, 2.05) is 0 Å². The molecule has 0 aromatic rings. The zero-order valence-electron chi connectivity index (χ0n) is 46.8. The Kier molecular flexibility index (Phi) is 52.9. The van der Waals surface area contributed by atoms with Crippen molar-refractivity contribution in [2.45, 2.75) is 251 Å². The molecule has 0 aliphatic heterocycles. The second kappa shape index (κ2) is 55.6. The van der Waals surface area contributed by atoms with Crippen LogP contribution in [0.4, 0.5) is 0 Å². The molecule has 0 rings (SSSR count). The van der Waals surface area contributed by atoms with Crippen LogP contribution in [-0.4, -0.2) is 66.5 Å². The summed E-state index contributed by atoms with van der Waals surface area (Å²) in [5.74, 6) is -1.51. The molecule has 0 saturated heterocycles. The molecule has 0 amide bonds. The second-order valence-corrected chi connectivity index (χ2v) is 20.5. The van der Waals surface area contributed by atoms with E-state index in [0.717, 1.165) is 122 Å². The minimum atomic E-state index is -4.76. The first-order valence-corrected chi connectivity index (χ1v) is 30.6. The van der Waals surface area contributed by atoms with E-state index in [0.29, 0.717) is 19.3 Å². The topological polar surface area (TPSA) is 155 Å². The lowest BCUT2D eigenvalue weighted by molar-refractivity contribution is -0.161. The summed E-state index contributed by atoms with van der Waals surface area (Å²) in [5.41, 5.74) is 0. The number of ether oxygens (including phenoxy) is 3. The van der Waals surface area contributed by atoms with Crippen LogP contribution >= 0.6 is 7.82 Å². The van der Waals surface area contributed by atoms with Crippen molar-refractivity contribution in [3.63, 3.8) is 0 Å². The van der Waals surface area contributed by atoms with E-state index in [1.165, 1.54) is 57.8 Å². The van der Waals surface area contributed by atoms with Crippen molar-refractivity contribution in [3.8, 4) is 0 Å². The molecule has 12 heteroatoms. The largest absolute Gasteiger partial charge is 0.472 e. The smallest absolute Gasteiger partial charge is 0.462 e. The molecule has 0 aromatic heterocycles. The van der Waals surface area contributed by atoms with Crippen molar-refractivity contribution in [3.05, 3.63) is 97.2 Å². The van der Waals surface area contributed by atoms with Crippen LogP contribution in [0, 0.1) is 0 Å². The molecule has 0 spiro atoms. The van der Waals surface area contributed by atoms with Gasteiger partial charge in [0.05, 0.1) is 19.8 Å². The molecule has 0 aliphatic carbocycles. The van der Waals surface area contributed by atoms with Crippen LogP contribution in [0.1, 0.15) is 239 Å². The number of phosphoric acid groups is 1. The molecule has 11 nitrogen and oxygen atoms in total. The van der Waals surface area contributed by atoms with E-state index in [-0.39, 0.29) is 25.9 Å². The van der Waals surface area contributed by atoms with Gasteiger partial charge in [0.25, 0.3) is 0 Å². The van der Waals surface area contributed by atoms with Crippen LogP contribution in [0.25, 0.3) is 0 Å². The van der Waals surface area contributed by atoms with Crippen molar-refractivity contribution in [2.75, 3.05) is 26.4 Å². The highest BCUT2D eigenvalue weighted by Gasteiger charge is 2.28. The highest BCUT2D eigenvalue weighted by Crippen LogP contribution is 2.43. The molecular weight excluding hydrogens is 952 g/mol. The van der Waals surface area contributed by atoms with Gasteiger partial charge in [-0.05, 0) is 96.3 Å². The predicted molar refractivity (Wildman–Crippen MR) is 307 cm³/mol. The van der Waals surface area contributed by atoms with E-state index in [2.05, 4.69) is 118 Å². The number of esters is 3. The average molecular weight is 1060 g/mol. The number of hydrogen-bond donors (Lipinski definition) is 2. The number of aliphatic hydroxyl groups excluding tert-OH is 1. The van der Waals surface area contributed by atoms with Gasteiger partial charge in [0.2, 0.25) is 0 Å². The molecule has 3 unspecified atom stereocenters. The Morgan fingerprint density at radius 2 is 0.703 bits per heavy atom. The quantitative estimate of drug-likeness (QED) is 0.0197. The molecule has 0 radical (unpaired) electrons. The number of hydrogen-bond acceptors (Lipinski definition) is 10. The zero-order chi connectivity index (χ0) is 54.1. The van der Waals surface area contributed by atoms with Crippen LogP contribution in [0.2, 0.25) is 0 Å². The number of carbonyl (C=O) groups is 3. The maximum Gasteiger partial charge on any atom is 0.472 e. The van der Waals surface area contributed by atoms with Gasteiger partial charge in [-0.15, -0.1) is 0 Å². The molecule has 0 fully saturated rings. The van der Waals surface area contributed by atoms with Crippen LogP contribution in [0.5, 0.6) is 0 Å². The third-order valence-corrected chi connectivity index (χ3v) is 13.0. The molecule has 74 heavy (non-hydrogen) atoms. The zero-order valence-corrected chi connectivity index (χ0v) is 47.7. The third kappa shape index (κ3) is 53.2. The predicted octanol–water partition coefficient (Wildman–Crippen LogP) is 17.3. The summed E-state index contributed by atoms with van der Waals surface area (Å²) in [6, 6.07) is 0. The molecular formula is C62H105O11P. The normalized spacial score (nSPS) is 14.1. The lowest BCUT2D eigenvalue weighted by Gasteiger charge is -2.21. The number of aliphatic hydroxyl groups is 1. The fourth-order valence-corrected chi connectivity index (χ4v) is 8.42. The van der Waals surface area contributed by atoms with Gasteiger partial charge in [-0.3, -0.25) is 23.4 Å². The van der Waals surface area contributed by atoms with Gasteiger partial charge in [0, 0.05) is 19.3 Å². The highest BCUT2D eigenvalue weighted by atomic mass is 31.2. The van der Waals surface area contributed by atoms with Gasteiger partial charge in [0.15, 0.2) is 6.10 Å². The van der Waals surface area contributed by atoms with Crippen molar-refractivity contribution >= 4 is 25.7 Å². The molecule has 0 aliphatic rings. The Morgan fingerprint density at radius 1 is 0.392 bits per heavy atom. The first-order chi connectivity index (χ1) is 36.2. The van der Waals surface area contributed by atoms with Crippen molar-refractivity contribution in [1.82, 2.24) is 0 Å². The fraction of sp³-hybridized carbons (Fsp3) is 0.694. The van der Waals surface area contributed by atoms with E-state index < -0.39 is 57.8 Å². The van der Waals surface area contributed by atoms with Crippen molar-refractivity contribution < 1.29 is 52.2 Å². The maximum atomic E-state index is 12.9. The number of carbonyl (C=O) groups excluding carboxylic acids is 3. The van der Waals surface area contributed by atoms with Crippen LogP contribution < -0.4 is 0 Å². The third-order valence-electron chi connectivity index (χ3n) is 12.0. The lowest BCUT2D eigenvalue weighted by atomic mass is 10.1. The van der Waals surface area contributed by atoms with Gasteiger partial charge in [-0.1, -0.05) is 221 Å². The van der Waals surface area contributed by atoms with Crippen molar-refractivity contribution in [1.29, 1.82) is 0 Å². The summed E-state index contributed by atoms with van der Waals surface area (Å²) in [6.07, 6.45) is 65.1. The molecule has 0 aromatic carbocycles. The first kappa shape index (κ1) is 70.4. The molecule has 0 bridgehead atoms. The summed E-state index contributed by atoms with van der Waals surface area (Å²) < 4.78 is 39.5. The van der Waals surface area contributed by atoms with Gasteiger partial charge in [0.1, 0.15) is 12.7 Å². The Morgan fingerprint density at radius 3 is 1.09 bits per heavy atom. The van der Waals surface area contributed by atoms with Gasteiger partial charge in [-0.2, -0.15) is 0 Å². The van der Waals surface area contributed by atoms with Crippen molar-refractivity contribution in [2.24, 2.45) is 0 Å². The second-order valence-electron chi connectivity index (χ2n) is 19.0. The average Bonchev–Trinajstić information content (AvgIpc) is 3.39. The number of allylic oxidation sites excluding steroid dienone is 16. The van der Waals surface area contributed by atoms with Crippen LogP contribution in [-0.2, 0) is 42.2 Å².